The summed E-state index contributed by atoms with van der Waals surface area (Å²) in [5.74, 6) is 1.63. The second kappa shape index (κ2) is 46.2. The van der Waals surface area contributed by atoms with Crippen LogP contribution in [0.25, 0.3) is 10.8 Å². The van der Waals surface area contributed by atoms with Gasteiger partial charge in [-0.05, 0) is 54.8 Å². The molecule has 3 aromatic rings. The Hall–Kier alpha value is -7.01. The van der Waals surface area contributed by atoms with Gasteiger partial charge in [0.05, 0.1) is 97.3 Å². The standard InChI is InChI=1S/C61H92ClN9O17/c1-61(2,3)54(63)46-55(70-56(72)69-52-17-18-53(51-16-7-6-15-50(51)52)84-34-25-71-23-32-81-33-24-71)68-49-14-12-13-48(45-49)47-67-60(76)88-44-42-83-40-38-80-30-21-65-58(74)86-28-11-10-27-85-57(73)64-20-29-79-37-39-82-41-43-87-59(75)66-22-31-78-36-35-77-26-9-5-4-8-19-62/h6-7,10-18,45-46H,4-5,8-9,19-44,47,63H2,1-3H3,(H,64,73)(H,65,74)(H,66,75)(H,67,76)(H2,68,69,70,72)/b11-10+,54-46?. The van der Waals surface area contributed by atoms with E-state index in [0.717, 1.165) is 80.6 Å². The van der Waals surface area contributed by atoms with E-state index in [4.69, 9.17) is 79.2 Å². The van der Waals surface area contributed by atoms with Crippen LogP contribution in [-0.2, 0) is 58.7 Å². The Morgan fingerprint density at radius 3 is 1.73 bits per heavy atom. The first-order chi connectivity index (χ1) is 42.8. The number of aliphatic imine (C=N–C) groups is 1. The van der Waals surface area contributed by atoms with E-state index >= 15 is 0 Å². The highest BCUT2D eigenvalue weighted by Gasteiger charge is 2.18. The van der Waals surface area contributed by atoms with Crippen molar-refractivity contribution in [1.29, 1.82) is 0 Å². The SMILES string of the molecule is CC(C)(C)C(N)=CC(=Nc1cccc(CNC(=O)OCCOCCOCCNC(=O)OC/C=C/COC(=O)NCCOCCOCCOC(=O)NCCOCCOCCCCCCCl)c1)NC(=O)Nc1ccc(OCCN2CCOCC2)c2ccccc12. The molecule has 6 amide bonds. The Bertz CT molecular complexity index is 2570. The summed E-state index contributed by atoms with van der Waals surface area (Å²) in [5.41, 5.74) is 8.37. The summed E-state index contributed by atoms with van der Waals surface area (Å²) in [6.07, 6.45) is 6.47. The van der Waals surface area contributed by atoms with Gasteiger partial charge in [0.25, 0.3) is 0 Å². The zero-order chi connectivity index (χ0) is 63.1. The quantitative estimate of drug-likeness (QED) is 0.00738. The number of alkyl halides is 1. The molecule has 1 aliphatic rings. The number of unbranched alkanes of at least 4 members (excludes halogenated alkanes) is 3. The number of hydrogen-bond donors (Lipinski definition) is 7. The van der Waals surface area contributed by atoms with Gasteiger partial charge in [-0.15, -0.1) is 11.6 Å². The van der Waals surface area contributed by atoms with Crippen LogP contribution < -0.4 is 42.4 Å². The zero-order valence-corrected chi connectivity index (χ0v) is 52.0. The van der Waals surface area contributed by atoms with Crippen LogP contribution in [0.4, 0.5) is 35.3 Å². The lowest BCUT2D eigenvalue weighted by atomic mass is 9.92. The molecule has 1 fully saturated rings. The Morgan fingerprint density at radius 2 is 1.14 bits per heavy atom. The van der Waals surface area contributed by atoms with Crippen LogP contribution in [0.5, 0.6) is 5.75 Å². The van der Waals surface area contributed by atoms with Gasteiger partial charge < -0.3 is 89.2 Å². The number of nitrogens with zero attached hydrogens (tertiary/aromatic N) is 2. The van der Waals surface area contributed by atoms with E-state index in [0.29, 0.717) is 62.5 Å². The Kier molecular flexibility index (Phi) is 38.5. The minimum atomic E-state index is -0.649. The molecule has 0 aromatic heterocycles. The number of benzene rings is 3. The monoisotopic (exact) mass is 1260 g/mol. The van der Waals surface area contributed by atoms with Crippen LogP contribution in [0.2, 0.25) is 0 Å². The number of amidine groups is 1. The van der Waals surface area contributed by atoms with E-state index in [1.54, 1.807) is 24.3 Å². The number of carbonyl (C=O) groups excluding carboxylic acids is 5. The lowest BCUT2D eigenvalue weighted by Crippen LogP contribution is -2.38. The first kappa shape index (κ1) is 73.5. The topological polar surface area (TPSA) is 310 Å². The summed E-state index contributed by atoms with van der Waals surface area (Å²) in [6, 6.07) is 18.0. The molecule has 4 rings (SSSR count). The number of anilines is 1. The fourth-order valence-corrected chi connectivity index (χ4v) is 7.85. The van der Waals surface area contributed by atoms with E-state index in [1.807, 2.05) is 63.2 Å². The molecule has 0 spiro atoms. The molecule has 490 valence electrons. The summed E-state index contributed by atoms with van der Waals surface area (Å²) < 4.78 is 64.7. The minimum absolute atomic E-state index is 0.00306. The van der Waals surface area contributed by atoms with Crippen molar-refractivity contribution >= 4 is 70.0 Å². The van der Waals surface area contributed by atoms with Gasteiger partial charge >= 0.3 is 30.4 Å². The number of fused-ring (bicyclic) bond motifs is 1. The predicted octanol–water partition coefficient (Wildman–Crippen LogP) is 7.15. The van der Waals surface area contributed by atoms with E-state index in [2.05, 4.69) is 36.8 Å². The number of allylic oxidation sites excluding steroid dienone is 1. The molecular formula is C61H92ClN9O17. The lowest BCUT2D eigenvalue weighted by Gasteiger charge is -2.26. The molecule has 8 N–H and O–H groups in total. The van der Waals surface area contributed by atoms with Gasteiger partial charge in [0.1, 0.15) is 44.6 Å². The van der Waals surface area contributed by atoms with Crippen LogP contribution in [-0.4, -0.2) is 212 Å². The average molecular weight is 1260 g/mol. The molecule has 3 aromatic carbocycles. The number of rotatable bonds is 43. The number of amides is 6. The van der Waals surface area contributed by atoms with Gasteiger partial charge in [-0.2, -0.15) is 0 Å². The molecule has 0 aliphatic carbocycles. The summed E-state index contributed by atoms with van der Waals surface area (Å²) in [6.45, 7) is 15.1. The van der Waals surface area contributed by atoms with Gasteiger partial charge in [0.2, 0.25) is 0 Å². The van der Waals surface area contributed by atoms with Crippen molar-refractivity contribution < 1.29 is 80.8 Å². The smallest absolute Gasteiger partial charge is 0.407 e. The number of alkyl carbamates (subject to hydrolysis) is 4. The maximum atomic E-state index is 13.6. The number of halogens is 1. The third kappa shape index (κ3) is 35.1. The molecule has 0 saturated carbocycles. The summed E-state index contributed by atoms with van der Waals surface area (Å²) in [5, 5.41) is 17.9. The lowest BCUT2D eigenvalue weighted by molar-refractivity contribution is 0.0276. The molecule has 0 atom stereocenters. The van der Waals surface area contributed by atoms with Gasteiger partial charge in [-0.25, -0.2) is 29.0 Å². The van der Waals surface area contributed by atoms with Crippen LogP contribution in [0.15, 0.2) is 89.6 Å². The number of urea groups is 1. The molecule has 1 saturated heterocycles. The van der Waals surface area contributed by atoms with Crippen molar-refractivity contribution in [2.45, 2.75) is 53.0 Å². The fourth-order valence-electron chi connectivity index (χ4n) is 7.66. The maximum absolute atomic E-state index is 13.6. The number of hydrogen-bond acceptors (Lipinski definition) is 20. The fraction of sp³-hybridized carbons (Fsp3) is 0.574. The molecule has 27 heteroatoms. The molecule has 0 bridgehead atoms. The van der Waals surface area contributed by atoms with Crippen LogP contribution in [0.3, 0.4) is 0 Å². The third-order valence-electron chi connectivity index (χ3n) is 12.4. The first-order valence-electron chi connectivity index (χ1n) is 29.8. The van der Waals surface area contributed by atoms with Gasteiger partial charge in [-0.3, -0.25) is 10.2 Å². The highest BCUT2D eigenvalue weighted by molar-refractivity contribution is 6.17. The van der Waals surface area contributed by atoms with E-state index in [-0.39, 0.29) is 105 Å². The second-order valence-corrected chi connectivity index (χ2v) is 20.8. The normalized spacial score (nSPS) is 13.0. The summed E-state index contributed by atoms with van der Waals surface area (Å²) in [4.78, 5) is 68.7. The van der Waals surface area contributed by atoms with Gasteiger partial charge in [0.15, 0.2) is 0 Å². The summed E-state index contributed by atoms with van der Waals surface area (Å²) in [7, 11) is 0. The largest absolute Gasteiger partial charge is 0.492 e. The molecule has 0 unspecified atom stereocenters. The van der Waals surface area contributed by atoms with Crippen molar-refractivity contribution in [2.75, 3.05) is 176 Å². The molecule has 26 nitrogen and oxygen atoms in total. The number of morpholine rings is 1. The Labute approximate surface area is 521 Å². The van der Waals surface area contributed by atoms with Crippen LogP contribution in [0.1, 0.15) is 52.0 Å². The van der Waals surface area contributed by atoms with Crippen molar-refractivity contribution in [1.82, 2.24) is 31.5 Å². The molecular weight excluding hydrogens is 1170 g/mol. The minimum Gasteiger partial charge on any atom is -0.492 e. The molecule has 1 heterocycles. The van der Waals surface area contributed by atoms with E-state index in [1.165, 1.54) is 12.2 Å². The van der Waals surface area contributed by atoms with Crippen molar-refractivity contribution in [3.8, 4) is 5.75 Å². The number of carbonyl (C=O) groups is 5. The van der Waals surface area contributed by atoms with Gasteiger partial charge in [0, 0.05) is 86.3 Å². The van der Waals surface area contributed by atoms with Crippen molar-refractivity contribution in [3.63, 3.8) is 0 Å². The molecule has 0 radical (unpaired) electrons. The average Bonchev–Trinajstić information content (AvgIpc) is 3.71. The maximum Gasteiger partial charge on any atom is 0.407 e. The van der Waals surface area contributed by atoms with Crippen molar-refractivity contribution in [3.05, 3.63) is 90.2 Å². The van der Waals surface area contributed by atoms with E-state index in [9.17, 15) is 24.0 Å². The first-order valence-corrected chi connectivity index (χ1v) is 30.3. The number of ether oxygens (including phenoxy) is 12. The number of nitrogens with one attached hydrogen (secondary N) is 6. The highest BCUT2D eigenvalue weighted by atomic mass is 35.5. The van der Waals surface area contributed by atoms with Crippen LogP contribution >= 0.6 is 11.6 Å². The van der Waals surface area contributed by atoms with Crippen molar-refractivity contribution in [2.24, 2.45) is 16.1 Å². The van der Waals surface area contributed by atoms with Gasteiger partial charge in [-0.1, -0.05) is 70.0 Å². The Morgan fingerprint density at radius 1 is 0.602 bits per heavy atom. The number of nitrogens with two attached hydrogens (primary N) is 1. The Balaban J connectivity index is 0.961. The highest BCUT2D eigenvalue weighted by Crippen LogP contribution is 2.32. The van der Waals surface area contributed by atoms with Crippen LogP contribution in [0, 0.1) is 5.41 Å². The zero-order valence-electron chi connectivity index (χ0n) is 51.2. The summed E-state index contributed by atoms with van der Waals surface area (Å²) >= 11 is 5.66. The predicted molar refractivity (Wildman–Crippen MR) is 334 cm³/mol. The molecule has 1 aliphatic heterocycles. The third-order valence-corrected chi connectivity index (χ3v) is 12.7. The van der Waals surface area contributed by atoms with E-state index < -0.39 is 35.8 Å². The molecule has 88 heavy (non-hydrogen) atoms. The second-order valence-electron chi connectivity index (χ2n) is 20.4.